The molecule has 0 aliphatic heterocycles. The summed E-state index contributed by atoms with van der Waals surface area (Å²) in [6.45, 7) is 4.66. The van der Waals surface area contributed by atoms with Crippen LogP contribution < -0.4 is 0 Å². The van der Waals surface area contributed by atoms with Crippen LogP contribution in [0.5, 0.6) is 0 Å². The number of alkyl halides is 1. The molecule has 0 aromatic carbocycles. The number of methoxy groups -OCH3 is 1. The first-order valence-electron chi connectivity index (χ1n) is 6.20. The summed E-state index contributed by atoms with van der Waals surface area (Å²) in [6, 6.07) is 0. The van der Waals surface area contributed by atoms with E-state index in [0.29, 0.717) is 39.6 Å². The smallest absolute Gasteiger partial charge is 0.0701 e. The summed E-state index contributed by atoms with van der Waals surface area (Å²) < 4.78 is 20.9. The van der Waals surface area contributed by atoms with Crippen molar-refractivity contribution in [1.29, 1.82) is 0 Å². The molecule has 0 aliphatic rings. The molecule has 0 heterocycles. The van der Waals surface area contributed by atoms with Crippen LogP contribution in [0.1, 0.15) is 19.3 Å². The molecule has 0 aromatic rings. The van der Waals surface area contributed by atoms with Gasteiger partial charge in [-0.15, -0.1) is 0 Å². The van der Waals surface area contributed by atoms with Crippen molar-refractivity contribution >= 4 is 15.9 Å². The maximum atomic E-state index is 5.42. The Morgan fingerprint density at radius 3 is 1.71 bits per heavy atom. The molecule has 104 valence electrons. The molecule has 0 atom stereocenters. The number of unbranched alkanes of at least 4 members (excludes halogenated alkanes) is 2. The van der Waals surface area contributed by atoms with Gasteiger partial charge in [0.25, 0.3) is 0 Å². The molecule has 0 aromatic heterocycles. The third-order valence-corrected chi connectivity index (χ3v) is 2.66. The summed E-state index contributed by atoms with van der Waals surface area (Å²) in [5, 5.41) is 1.08. The van der Waals surface area contributed by atoms with E-state index in [1.54, 1.807) is 7.11 Å². The molecule has 0 spiro atoms. The molecule has 5 heteroatoms. The maximum Gasteiger partial charge on any atom is 0.0701 e. The lowest BCUT2D eigenvalue weighted by molar-refractivity contribution is 0.00327. The SMILES string of the molecule is COCCOCCOCCOCCCCCBr. The predicted molar refractivity (Wildman–Crippen MR) is 72.0 cm³/mol. The van der Waals surface area contributed by atoms with Crippen LogP contribution in [0, 0.1) is 0 Å². The summed E-state index contributed by atoms with van der Waals surface area (Å²) in [5.74, 6) is 0. The minimum absolute atomic E-state index is 0.620. The average Bonchev–Trinajstić information content (AvgIpc) is 2.35. The zero-order valence-electron chi connectivity index (χ0n) is 10.8. The number of rotatable bonds is 14. The highest BCUT2D eigenvalue weighted by Crippen LogP contribution is 1.98. The first-order valence-corrected chi connectivity index (χ1v) is 7.32. The summed E-state index contributed by atoms with van der Waals surface area (Å²) in [4.78, 5) is 0. The van der Waals surface area contributed by atoms with Crippen molar-refractivity contribution in [2.75, 3.05) is 58.7 Å². The van der Waals surface area contributed by atoms with Crippen molar-refractivity contribution in [3.05, 3.63) is 0 Å². The number of hydrogen-bond donors (Lipinski definition) is 0. The Morgan fingerprint density at radius 1 is 0.647 bits per heavy atom. The molecule has 0 radical (unpaired) electrons. The van der Waals surface area contributed by atoms with Crippen LogP contribution in [0.15, 0.2) is 0 Å². The highest BCUT2D eigenvalue weighted by Gasteiger charge is 1.92. The van der Waals surface area contributed by atoms with Crippen LogP contribution in [0.3, 0.4) is 0 Å². The Hall–Kier alpha value is 0.320. The molecule has 17 heavy (non-hydrogen) atoms. The maximum absolute atomic E-state index is 5.42. The highest BCUT2D eigenvalue weighted by molar-refractivity contribution is 9.09. The minimum Gasteiger partial charge on any atom is -0.382 e. The second-order valence-corrected chi connectivity index (χ2v) is 4.37. The lowest BCUT2D eigenvalue weighted by Gasteiger charge is -2.06. The topological polar surface area (TPSA) is 36.9 Å². The largest absolute Gasteiger partial charge is 0.382 e. The molecule has 0 saturated carbocycles. The van der Waals surface area contributed by atoms with Crippen LogP contribution in [0.4, 0.5) is 0 Å². The molecule has 0 aliphatic carbocycles. The van der Waals surface area contributed by atoms with E-state index in [0.717, 1.165) is 18.4 Å². The molecule has 0 bridgehead atoms. The Labute approximate surface area is 113 Å². The quantitative estimate of drug-likeness (QED) is 0.364. The zero-order chi connectivity index (χ0) is 12.6. The van der Waals surface area contributed by atoms with Gasteiger partial charge < -0.3 is 18.9 Å². The van der Waals surface area contributed by atoms with Gasteiger partial charge in [0.15, 0.2) is 0 Å². The van der Waals surface area contributed by atoms with Gasteiger partial charge in [-0.05, 0) is 12.8 Å². The first kappa shape index (κ1) is 17.3. The van der Waals surface area contributed by atoms with Crippen molar-refractivity contribution in [2.24, 2.45) is 0 Å². The van der Waals surface area contributed by atoms with Crippen molar-refractivity contribution < 1.29 is 18.9 Å². The van der Waals surface area contributed by atoms with E-state index in [2.05, 4.69) is 15.9 Å². The van der Waals surface area contributed by atoms with Crippen LogP contribution in [0.25, 0.3) is 0 Å². The average molecular weight is 313 g/mol. The van der Waals surface area contributed by atoms with Gasteiger partial charge in [0, 0.05) is 19.0 Å². The third kappa shape index (κ3) is 16.3. The number of halogens is 1. The zero-order valence-corrected chi connectivity index (χ0v) is 12.4. The second-order valence-electron chi connectivity index (χ2n) is 3.58. The van der Waals surface area contributed by atoms with E-state index >= 15 is 0 Å². The van der Waals surface area contributed by atoms with Gasteiger partial charge in [-0.3, -0.25) is 0 Å². The van der Waals surface area contributed by atoms with E-state index in [1.807, 2.05) is 0 Å². The van der Waals surface area contributed by atoms with Gasteiger partial charge >= 0.3 is 0 Å². The van der Waals surface area contributed by atoms with Gasteiger partial charge in [0.1, 0.15) is 0 Å². The molecule has 0 N–H and O–H groups in total. The summed E-state index contributed by atoms with van der Waals surface area (Å²) in [6.07, 6.45) is 3.57. The predicted octanol–water partition coefficient (Wildman–Crippen LogP) is 2.25. The fourth-order valence-corrected chi connectivity index (χ4v) is 1.56. The van der Waals surface area contributed by atoms with Crippen LogP contribution >= 0.6 is 15.9 Å². The van der Waals surface area contributed by atoms with E-state index in [1.165, 1.54) is 12.8 Å². The molecular weight excluding hydrogens is 288 g/mol. The van der Waals surface area contributed by atoms with Crippen molar-refractivity contribution in [1.82, 2.24) is 0 Å². The van der Waals surface area contributed by atoms with Gasteiger partial charge in [-0.25, -0.2) is 0 Å². The molecule has 0 rings (SSSR count). The minimum atomic E-state index is 0.620. The first-order chi connectivity index (χ1) is 8.41. The van der Waals surface area contributed by atoms with Gasteiger partial charge in [-0.1, -0.05) is 22.4 Å². The lowest BCUT2D eigenvalue weighted by atomic mass is 10.3. The van der Waals surface area contributed by atoms with Crippen LogP contribution in [-0.4, -0.2) is 58.7 Å². The van der Waals surface area contributed by atoms with Gasteiger partial charge in [0.05, 0.1) is 39.6 Å². The Balaban J connectivity index is 2.85. The highest BCUT2D eigenvalue weighted by atomic mass is 79.9. The lowest BCUT2D eigenvalue weighted by Crippen LogP contribution is -2.11. The van der Waals surface area contributed by atoms with Crippen LogP contribution in [0.2, 0.25) is 0 Å². The fraction of sp³-hybridized carbons (Fsp3) is 1.00. The van der Waals surface area contributed by atoms with Crippen molar-refractivity contribution in [3.8, 4) is 0 Å². The van der Waals surface area contributed by atoms with Crippen molar-refractivity contribution in [2.45, 2.75) is 19.3 Å². The standard InChI is InChI=1S/C12H25BrO4/c1-14-7-8-16-11-12-17-10-9-15-6-4-2-3-5-13/h2-12H2,1H3. The number of hydrogen-bond acceptors (Lipinski definition) is 4. The van der Waals surface area contributed by atoms with Gasteiger partial charge in [-0.2, -0.15) is 0 Å². The van der Waals surface area contributed by atoms with Crippen molar-refractivity contribution in [3.63, 3.8) is 0 Å². The molecule has 0 unspecified atom stereocenters. The van der Waals surface area contributed by atoms with E-state index in [4.69, 9.17) is 18.9 Å². The fourth-order valence-electron chi connectivity index (χ4n) is 1.16. The third-order valence-electron chi connectivity index (χ3n) is 2.10. The van der Waals surface area contributed by atoms with E-state index in [9.17, 15) is 0 Å². The second kappa shape index (κ2) is 16.3. The monoisotopic (exact) mass is 312 g/mol. The molecule has 4 nitrogen and oxygen atoms in total. The summed E-state index contributed by atoms with van der Waals surface area (Å²) >= 11 is 3.40. The molecular formula is C12H25BrO4. The molecule has 0 saturated heterocycles. The Morgan fingerprint density at radius 2 is 1.18 bits per heavy atom. The normalized spacial score (nSPS) is 10.9. The van der Waals surface area contributed by atoms with Gasteiger partial charge in [0.2, 0.25) is 0 Å². The molecule has 0 amide bonds. The number of ether oxygens (including phenoxy) is 4. The summed E-state index contributed by atoms with van der Waals surface area (Å²) in [7, 11) is 1.66. The van der Waals surface area contributed by atoms with E-state index < -0.39 is 0 Å². The van der Waals surface area contributed by atoms with E-state index in [-0.39, 0.29) is 0 Å². The Bertz CT molecular complexity index is 122. The van der Waals surface area contributed by atoms with Crippen LogP contribution in [-0.2, 0) is 18.9 Å². The summed E-state index contributed by atoms with van der Waals surface area (Å²) in [5.41, 5.74) is 0. The molecule has 0 fully saturated rings. The Kier molecular flexibility index (Phi) is 16.6.